The van der Waals surface area contributed by atoms with Crippen LogP contribution in [-0.2, 0) is 6.54 Å². The molecule has 0 atom stereocenters. The van der Waals surface area contributed by atoms with Gasteiger partial charge in [0, 0.05) is 41.3 Å². The van der Waals surface area contributed by atoms with Gasteiger partial charge in [0.1, 0.15) is 11.9 Å². The van der Waals surface area contributed by atoms with Crippen LogP contribution in [0.1, 0.15) is 43.3 Å². The molecule has 0 unspecified atom stereocenters. The van der Waals surface area contributed by atoms with Crippen LogP contribution in [0.15, 0.2) is 67.4 Å². The maximum Gasteiger partial charge on any atom is 0.213 e. The van der Waals surface area contributed by atoms with Gasteiger partial charge in [-0.3, -0.25) is 4.57 Å². The number of pyridine rings is 1. The first-order valence-electron chi connectivity index (χ1n) is 10.5. The summed E-state index contributed by atoms with van der Waals surface area (Å²) in [5.74, 6) is 2.89. The van der Waals surface area contributed by atoms with Crippen LogP contribution in [0.5, 0.6) is 5.88 Å². The van der Waals surface area contributed by atoms with Crippen molar-refractivity contribution in [3.63, 3.8) is 0 Å². The first kappa shape index (κ1) is 19.8. The van der Waals surface area contributed by atoms with Crippen molar-refractivity contribution in [3.8, 4) is 11.6 Å². The summed E-state index contributed by atoms with van der Waals surface area (Å²) in [4.78, 5) is 8.42. The summed E-state index contributed by atoms with van der Waals surface area (Å²) in [5.41, 5.74) is 1.02. The molecule has 5 rings (SSSR count). The monoisotopic (exact) mass is 434 g/mol. The van der Waals surface area contributed by atoms with Gasteiger partial charge in [0.2, 0.25) is 5.88 Å². The fraction of sp³-hybridized carbons (Fsp3) is 0.304. The minimum atomic E-state index is 0.184. The van der Waals surface area contributed by atoms with E-state index in [0.717, 1.165) is 43.0 Å². The van der Waals surface area contributed by atoms with E-state index in [1.54, 1.807) is 18.7 Å². The van der Waals surface area contributed by atoms with Crippen LogP contribution < -0.4 is 4.74 Å². The third-order valence-corrected chi connectivity index (χ3v) is 5.94. The van der Waals surface area contributed by atoms with Crippen molar-refractivity contribution in [2.75, 3.05) is 0 Å². The number of hydrogen-bond donors (Lipinski definition) is 0. The molecule has 3 heterocycles. The van der Waals surface area contributed by atoms with Gasteiger partial charge in [-0.1, -0.05) is 17.7 Å². The molecule has 0 saturated heterocycles. The third kappa shape index (κ3) is 4.46. The van der Waals surface area contributed by atoms with Gasteiger partial charge in [-0.15, -0.1) is 10.2 Å². The lowest BCUT2D eigenvalue weighted by molar-refractivity contribution is 0.139. The molecule has 0 bridgehead atoms. The molecular weight excluding hydrogens is 412 g/mol. The highest BCUT2D eigenvalue weighted by Gasteiger charge is 2.29. The lowest BCUT2D eigenvalue weighted by atomic mass is 9.86. The summed E-state index contributed by atoms with van der Waals surface area (Å²) >= 11 is 6.13. The van der Waals surface area contributed by atoms with Gasteiger partial charge >= 0.3 is 0 Å². The zero-order valence-electron chi connectivity index (χ0n) is 17.0. The molecule has 0 spiro atoms. The molecular formula is C23H23ClN6O. The van der Waals surface area contributed by atoms with Gasteiger partial charge in [-0.2, -0.15) is 0 Å². The number of nitrogens with zero attached hydrogens (tertiary/aromatic N) is 6. The highest BCUT2D eigenvalue weighted by molar-refractivity contribution is 6.30. The molecule has 7 nitrogen and oxygen atoms in total. The summed E-state index contributed by atoms with van der Waals surface area (Å²) in [6, 6.07) is 13.6. The van der Waals surface area contributed by atoms with Crippen molar-refractivity contribution >= 4 is 11.6 Å². The number of ether oxygens (including phenoxy) is 1. The summed E-state index contributed by atoms with van der Waals surface area (Å²) in [6.45, 7) is 0.605. The molecule has 158 valence electrons. The number of hydrogen-bond acceptors (Lipinski definition) is 5. The highest BCUT2D eigenvalue weighted by atomic mass is 35.5. The van der Waals surface area contributed by atoms with Crippen LogP contribution in [-0.4, -0.2) is 35.4 Å². The summed E-state index contributed by atoms with van der Waals surface area (Å²) < 4.78 is 10.2. The van der Waals surface area contributed by atoms with E-state index >= 15 is 0 Å². The highest BCUT2D eigenvalue weighted by Crippen LogP contribution is 2.35. The minimum Gasteiger partial charge on any atom is -0.474 e. The Morgan fingerprint density at radius 1 is 0.968 bits per heavy atom. The number of rotatable bonds is 6. The zero-order valence-corrected chi connectivity index (χ0v) is 17.8. The number of benzene rings is 1. The smallest absolute Gasteiger partial charge is 0.213 e. The van der Waals surface area contributed by atoms with Gasteiger partial charge < -0.3 is 9.30 Å². The standard InChI is InChI=1S/C23H23ClN6O/c24-18-6-8-19(9-7-18)30-21(15-29-14-13-25-16-29)27-28-23(30)17-4-10-20(11-5-17)31-22-3-1-2-12-26-22/h1-3,6-9,12-14,16-17,20H,4-5,10-11,15H2/t17-,20-. The Labute approximate surface area is 185 Å². The first-order chi connectivity index (χ1) is 15.3. The SMILES string of the molecule is Clc1ccc(-n2c(Cn3ccnc3)nnc2[C@H]2CC[C@H](Oc3ccccn3)CC2)cc1. The van der Waals surface area contributed by atoms with Crippen LogP contribution in [0.3, 0.4) is 0 Å². The molecule has 0 N–H and O–H groups in total. The van der Waals surface area contributed by atoms with Gasteiger partial charge in [-0.25, -0.2) is 9.97 Å². The topological polar surface area (TPSA) is 70.7 Å². The van der Waals surface area contributed by atoms with E-state index in [1.807, 2.05) is 53.2 Å². The van der Waals surface area contributed by atoms with Crippen molar-refractivity contribution in [1.29, 1.82) is 0 Å². The molecule has 8 heteroatoms. The first-order valence-corrected chi connectivity index (χ1v) is 10.9. The Bertz CT molecular complexity index is 1100. The quantitative estimate of drug-likeness (QED) is 0.441. The molecule has 0 aliphatic heterocycles. The number of aromatic nitrogens is 6. The maximum atomic E-state index is 6.13. The lowest BCUT2D eigenvalue weighted by Gasteiger charge is -2.28. The van der Waals surface area contributed by atoms with E-state index in [1.165, 1.54) is 0 Å². The average Bonchev–Trinajstić information content (AvgIpc) is 3.46. The zero-order chi connectivity index (χ0) is 21.0. The molecule has 1 aromatic carbocycles. The van der Waals surface area contributed by atoms with Gasteiger partial charge in [-0.05, 0) is 56.0 Å². The molecule has 0 amide bonds. The fourth-order valence-electron chi connectivity index (χ4n) is 4.14. The molecule has 3 aromatic heterocycles. The lowest BCUT2D eigenvalue weighted by Crippen LogP contribution is -2.25. The Balaban J connectivity index is 1.37. The summed E-state index contributed by atoms with van der Waals surface area (Å²) in [7, 11) is 0. The van der Waals surface area contributed by atoms with Gasteiger partial charge in [0.25, 0.3) is 0 Å². The van der Waals surface area contributed by atoms with Crippen LogP contribution in [0, 0.1) is 0 Å². The second kappa shape index (κ2) is 8.89. The molecule has 1 fully saturated rings. The third-order valence-electron chi connectivity index (χ3n) is 5.69. The summed E-state index contributed by atoms with van der Waals surface area (Å²) in [5, 5.41) is 9.87. The summed E-state index contributed by atoms with van der Waals surface area (Å²) in [6.07, 6.45) is 11.4. The molecule has 1 saturated carbocycles. The minimum absolute atomic E-state index is 0.184. The van der Waals surface area contributed by atoms with Gasteiger partial charge in [0.15, 0.2) is 5.82 Å². The normalized spacial score (nSPS) is 18.7. The second-order valence-corrected chi connectivity index (χ2v) is 8.22. The Morgan fingerprint density at radius 3 is 2.52 bits per heavy atom. The number of halogens is 1. The van der Waals surface area contributed by atoms with E-state index in [9.17, 15) is 0 Å². The van der Waals surface area contributed by atoms with Crippen molar-refractivity contribution in [3.05, 3.63) is 84.1 Å². The van der Waals surface area contributed by atoms with Crippen LogP contribution >= 0.6 is 11.6 Å². The molecule has 31 heavy (non-hydrogen) atoms. The molecule has 1 aliphatic rings. The Hall–Kier alpha value is -3.19. The van der Waals surface area contributed by atoms with E-state index < -0.39 is 0 Å². The van der Waals surface area contributed by atoms with E-state index in [4.69, 9.17) is 16.3 Å². The number of imidazole rings is 1. The van der Waals surface area contributed by atoms with Crippen molar-refractivity contribution in [2.24, 2.45) is 0 Å². The van der Waals surface area contributed by atoms with Crippen molar-refractivity contribution in [1.82, 2.24) is 29.3 Å². The predicted molar refractivity (Wildman–Crippen MR) is 118 cm³/mol. The van der Waals surface area contributed by atoms with Crippen LogP contribution in [0.4, 0.5) is 0 Å². The molecule has 4 aromatic rings. The van der Waals surface area contributed by atoms with Crippen LogP contribution in [0.25, 0.3) is 5.69 Å². The maximum absolute atomic E-state index is 6.13. The van der Waals surface area contributed by atoms with E-state index in [0.29, 0.717) is 23.4 Å². The molecule has 1 aliphatic carbocycles. The Kier molecular flexibility index (Phi) is 5.67. The predicted octanol–water partition coefficient (Wildman–Crippen LogP) is 4.67. The van der Waals surface area contributed by atoms with Crippen molar-refractivity contribution < 1.29 is 4.74 Å². The van der Waals surface area contributed by atoms with Crippen LogP contribution in [0.2, 0.25) is 5.02 Å². The van der Waals surface area contributed by atoms with E-state index in [2.05, 4.69) is 24.7 Å². The van der Waals surface area contributed by atoms with Gasteiger partial charge in [0.05, 0.1) is 12.9 Å². The Morgan fingerprint density at radius 2 is 1.81 bits per heavy atom. The largest absolute Gasteiger partial charge is 0.474 e. The fourth-order valence-corrected chi connectivity index (χ4v) is 4.26. The second-order valence-electron chi connectivity index (χ2n) is 7.78. The molecule has 0 radical (unpaired) electrons. The average molecular weight is 435 g/mol. The van der Waals surface area contributed by atoms with E-state index in [-0.39, 0.29) is 6.10 Å². The van der Waals surface area contributed by atoms with Crippen molar-refractivity contribution in [2.45, 2.75) is 44.2 Å².